The number of carbonyl (C=O) groups excluding carboxylic acids is 1. The Morgan fingerprint density at radius 2 is 1.75 bits per heavy atom. The summed E-state index contributed by atoms with van der Waals surface area (Å²) in [4.78, 5) is 24.6. The Kier molecular flexibility index (Phi) is 5.81. The molecule has 2 aromatic rings. The molecule has 148 valence electrons. The third-order valence-electron chi connectivity index (χ3n) is 6.06. The number of hydrogen-bond acceptors (Lipinski definition) is 4. The second kappa shape index (κ2) is 8.48. The van der Waals surface area contributed by atoms with Gasteiger partial charge in [0.15, 0.2) is 0 Å². The summed E-state index contributed by atoms with van der Waals surface area (Å²) in [6, 6.07) is 9.62. The smallest absolute Gasteiger partial charge is 0.230 e. The number of benzene rings is 1. The minimum absolute atomic E-state index is 0.0884. The Morgan fingerprint density at radius 3 is 2.46 bits per heavy atom. The first kappa shape index (κ1) is 19.2. The van der Waals surface area contributed by atoms with Gasteiger partial charge in [0.2, 0.25) is 11.9 Å². The zero-order valence-electron chi connectivity index (χ0n) is 16.2. The van der Waals surface area contributed by atoms with Gasteiger partial charge >= 0.3 is 0 Å². The fraction of sp³-hybridized carbons (Fsp3) is 0.500. The highest BCUT2D eigenvalue weighted by molar-refractivity contribution is 6.30. The first-order valence-corrected chi connectivity index (χ1v) is 10.7. The molecule has 0 radical (unpaired) electrons. The summed E-state index contributed by atoms with van der Waals surface area (Å²) < 4.78 is 0. The van der Waals surface area contributed by atoms with Crippen LogP contribution in [0.1, 0.15) is 56.2 Å². The molecule has 1 aromatic carbocycles. The molecule has 1 aromatic heterocycles. The molecular formula is C22H27ClN4O. The van der Waals surface area contributed by atoms with Crippen LogP contribution >= 0.6 is 11.6 Å². The number of amides is 1. The predicted molar refractivity (Wildman–Crippen MR) is 112 cm³/mol. The van der Waals surface area contributed by atoms with E-state index in [0.717, 1.165) is 56.0 Å². The van der Waals surface area contributed by atoms with Crippen LogP contribution in [0.2, 0.25) is 5.02 Å². The van der Waals surface area contributed by atoms with Crippen molar-refractivity contribution in [1.29, 1.82) is 0 Å². The van der Waals surface area contributed by atoms with E-state index in [9.17, 15) is 4.79 Å². The van der Waals surface area contributed by atoms with Crippen LogP contribution in [0.25, 0.3) is 0 Å². The van der Waals surface area contributed by atoms with Gasteiger partial charge in [0.05, 0.1) is 17.7 Å². The van der Waals surface area contributed by atoms with Gasteiger partial charge in [0.1, 0.15) is 0 Å². The lowest BCUT2D eigenvalue weighted by molar-refractivity contribution is -0.126. The molecule has 6 heteroatoms. The summed E-state index contributed by atoms with van der Waals surface area (Å²) in [6.07, 6.45) is 9.35. The number of carbonyl (C=O) groups is 1. The molecule has 0 bridgehead atoms. The van der Waals surface area contributed by atoms with Gasteiger partial charge in [0, 0.05) is 24.3 Å². The highest BCUT2D eigenvalue weighted by Gasteiger charge is 2.42. The molecule has 1 N–H and O–H groups in total. The molecule has 2 fully saturated rings. The number of hydrogen-bond donors (Lipinski definition) is 1. The minimum atomic E-state index is -0.451. The normalized spacial score (nSPS) is 18.8. The van der Waals surface area contributed by atoms with Crippen LogP contribution in [0, 0.1) is 0 Å². The Labute approximate surface area is 171 Å². The van der Waals surface area contributed by atoms with E-state index in [1.165, 1.54) is 19.3 Å². The van der Waals surface area contributed by atoms with E-state index in [0.29, 0.717) is 11.6 Å². The number of nitrogens with zero attached hydrogens (tertiary/aromatic N) is 3. The summed E-state index contributed by atoms with van der Waals surface area (Å²) in [5.41, 5.74) is 1.46. The molecule has 1 aliphatic carbocycles. The van der Waals surface area contributed by atoms with Gasteiger partial charge in [0.25, 0.3) is 0 Å². The molecule has 2 aliphatic rings. The monoisotopic (exact) mass is 398 g/mol. The highest BCUT2D eigenvalue weighted by Crippen LogP contribution is 2.41. The van der Waals surface area contributed by atoms with E-state index in [-0.39, 0.29) is 5.91 Å². The van der Waals surface area contributed by atoms with Gasteiger partial charge in [-0.25, -0.2) is 9.97 Å². The van der Waals surface area contributed by atoms with E-state index in [1.807, 2.05) is 30.3 Å². The summed E-state index contributed by atoms with van der Waals surface area (Å²) in [5, 5.41) is 3.84. The van der Waals surface area contributed by atoms with E-state index >= 15 is 0 Å². The standard InChI is InChI=1S/C22H27ClN4O/c23-18-8-6-17(7-9-18)22(11-2-3-12-22)20(28)25-16-19-10-13-24-21(26-19)27-14-4-1-5-15-27/h6-10,13H,1-5,11-12,14-16H2,(H,25,28). The lowest BCUT2D eigenvalue weighted by Crippen LogP contribution is -2.42. The van der Waals surface area contributed by atoms with Gasteiger partial charge in [-0.1, -0.05) is 36.6 Å². The van der Waals surface area contributed by atoms with Gasteiger partial charge in [-0.05, 0) is 55.9 Å². The predicted octanol–water partition coefficient (Wildman–Crippen LogP) is 4.25. The number of aromatic nitrogens is 2. The average molecular weight is 399 g/mol. The minimum Gasteiger partial charge on any atom is -0.350 e. The van der Waals surface area contributed by atoms with Crippen LogP contribution in [0.4, 0.5) is 5.95 Å². The van der Waals surface area contributed by atoms with E-state index < -0.39 is 5.41 Å². The van der Waals surface area contributed by atoms with Gasteiger partial charge in [-0.2, -0.15) is 0 Å². The number of piperidine rings is 1. The molecule has 0 atom stereocenters. The van der Waals surface area contributed by atoms with Crippen LogP contribution in [-0.4, -0.2) is 29.0 Å². The van der Waals surface area contributed by atoms with Crippen LogP contribution in [0.3, 0.4) is 0 Å². The second-order valence-corrected chi connectivity index (χ2v) is 8.31. The number of halogens is 1. The van der Waals surface area contributed by atoms with Crippen molar-refractivity contribution in [2.75, 3.05) is 18.0 Å². The van der Waals surface area contributed by atoms with Crippen LogP contribution in [0.15, 0.2) is 36.5 Å². The molecule has 1 aliphatic heterocycles. The number of nitrogens with one attached hydrogen (secondary N) is 1. The molecule has 1 saturated carbocycles. The largest absolute Gasteiger partial charge is 0.350 e. The average Bonchev–Trinajstić information content (AvgIpc) is 3.25. The SMILES string of the molecule is O=C(NCc1ccnc(N2CCCCC2)n1)C1(c2ccc(Cl)cc2)CCCC1. The first-order valence-electron chi connectivity index (χ1n) is 10.3. The maximum Gasteiger partial charge on any atom is 0.230 e. The molecule has 0 spiro atoms. The van der Waals surface area contributed by atoms with Gasteiger partial charge < -0.3 is 10.2 Å². The lowest BCUT2D eigenvalue weighted by Gasteiger charge is -2.29. The van der Waals surface area contributed by atoms with Gasteiger partial charge in [-0.3, -0.25) is 4.79 Å². The van der Waals surface area contributed by atoms with Crippen LogP contribution in [0.5, 0.6) is 0 Å². The highest BCUT2D eigenvalue weighted by atomic mass is 35.5. The Hall–Kier alpha value is -2.14. The summed E-state index contributed by atoms with van der Waals surface area (Å²) in [7, 11) is 0. The summed E-state index contributed by atoms with van der Waals surface area (Å²) in [5.74, 6) is 0.866. The molecule has 0 unspecified atom stereocenters. The van der Waals surface area contributed by atoms with Crippen LogP contribution in [-0.2, 0) is 16.8 Å². The number of anilines is 1. The first-order chi connectivity index (χ1) is 13.7. The molecule has 28 heavy (non-hydrogen) atoms. The van der Waals surface area contributed by atoms with Crippen molar-refractivity contribution in [3.8, 4) is 0 Å². The topological polar surface area (TPSA) is 58.1 Å². The second-order valence-electron chi connectivity index (χ2n) is 7.87. The number of rotatable bonds is 5. The van der Waals surface area contributed by atoms with Gasteiger partial charge in [-0.15, -0.1) is 0 Å². The fourth-order valence-electron chi connectivity index (χ4n) is 4.46. The maximum atomic E-state index is 13.2. The quantitative estimate of drug-likeness (QED) is 0.817. The third-order valence-corrected chi connectivity index (χ3v) is 6.31. The summed E-state index contributed by atoms with van der Waals surface area (Å²) in [6.45, 7) is 2.45. The van der Waals surface area contributed by atoms with Crippen molar-refractivity contribution < 1.29 is 4.79 Å². The zero-order valence-corrected chi connectivity index (χ0v) is 16.9. The van der Waals surface area contributed by atoms with E-state index in [1.54, 1.807) is 6.20 Å². The van der Waals surface area contributed by atoms with Crippen molar-refractivity contribution in [1.82, 2.24) is 15.3 Å². The molecule has 4 rings (SSSR count). The van der Waals surface area contributed by atoms with Crippen molar-refractivity contribution >= 4 is 23.5 Å². The third kappa shape index (κ3) is 4.00. The van der Waals surface area contributed by atoms with Crippen molar-refractivity contribution in [2.24, 2.45) is 0 Å². The molecule has 1 amide bonds. The molecule has 1 saturated heterocycles. The van der Waals surface area contributed by atoms with Crippen molar-refractivity contribution in [2.45, 2.75) is 56.9 Å². The molecular weight excluding hydrogens is 372 g/mol. The van der Waals surface area contributed by atoms with Crippen LogP contribution < -0.4 is 10.2 Å². The van der Waals surface area contributed by atoms with Crippen molar-refractivity contribution in [3.05, 3.63) is 52.8 Å². The summed E-state index contributed by atoms with van der Waals surface area (Å²) >= 11 is 6.04. The Bertz CT molecular complexity index is 812. The molecule has 5 nitrogen and oxygen atoms in total. The Morgan fingerprint density at radius 1 is 1.04 bits per heavy atom. The lowest BCUT2D eigenvalue weighted by atomic mass is 9.78. The fourth-order valence-corrected chi connectivity index (χ4v) is 4.59. The van der Waals surface area contributed by atoms with Crippen molar-refractivity contribution in [3.63, 3.8) is 0 Å². The van der Waals surface area contributed by atoms with E-state index in [2.05, 4.69) is 20.2 Å². The Balaban J connectivity index is 1.46. The zero-order chi connectivity index (χ0) is 19.4. The maximum absolute atomic E-state index is 13.2. The van der Waals surface area contributed by atoms with E-state index in [4.69, 9.17) is 11.6 Å². The molecule has 2 heterocycles.